The van der Waals surface area contributed by atoms with Gasteiger partial charge in [-0.15, -0.1) is 11.8 Å². The van der Waals surface area contributed by atoms with Crippen LogP contribution in [0.1, 0.15) is 22.9 Å². The van der Waals surface area contributed by atoms with Gasteiger partial charge in [0.15, 0.2) is 0 Å². The number of hydrogen-bond acceptors (Lipinski definition) is 5. The van der Waals surface area contributed by atoms with Gasteiger partial charge in [0.2, 0.25) is 5.91 Å². The number of thioether (sulfide) groups is 1. The smallest absolute Gasteiger partial charge is 0.238 e. The van der Waals surface area contributed by atoms with Gasteiger partial charge in [0.25, 0.3) is 0 Å². The number of hydrogen-bond donors (Lipinski definition) is 3. The van der Waals surface area contributed by atoms with Crippen LogP contribution >= 0.6 is 11.8 Å². The van der Waals surface area contributed by atoms with Crippen LogP contribution in [0.15, 0.2) is 54.9 Å². The van der Waals surface area contributed by atoms with E-state index in [9.17, 15) is 4.79 Å². The Balaban J connectivity index is 1.25. The number of aromatic nitrogens is 1. The Morgan fingerprint density at radius 3 is 2.85 bits per heavy atom. The lowest BCUT2D eigenvalue weighted by Gasteiger charge is -2.13. The predicted octanol–water partition coefficient (Wildman–Crippen LogP) is 2.12. The van der Waals surface area contributed by atoms with E-state index in [1.807, 2.05) is 24.4 Å². The fraction of sp³-hybridized carbons (Fsp3) is 0.400. The van der Waals surface area contributed by atoms with Gasteiger partial charge in [0.1, 0.15) is 0 Å². The second kappa shape index (κ2) is 10.3. The zero-order valence-electron chi connectivity index (χ0n) is 14.9. The summed E-state index contributed by atoms with van der Waals surface area (Å²) in [5.41, 5.74) is 2.49. The Morgan fingerprint density at radius 1 is 1.15 bits per heavy atom. The van der Waals surface area contributed by atoms with Gasteiger partial charge in [-0.25, -0.2) is 0 Å². The van der Waals surface area contributed by atoms with Crippen LogP contribution in [0.3, 0.4) is 0 Å². The summed E-state index contributed by atoms with van der Waals surface area (Å²) < 4.78 is 0. The number of nitrogens with one attached hydrogen (secondary N) is 3. The molecule has 0 aliphatic carbocycles. The van der Waals surface area contributed by atoms with Crippen LogP contribution < -0.4 is 16.0 Å². The van der Waals surface area contributed by atoms with E-state index in [1.54, 1.807) is 18.0 Å². The standard InChI is InChI=1S/C20H26N4OS/c25-19(18-15-26-20(24-18)17-9-5-11-22-14-17)23-13-12-21-10-4-8-16-6-2-1-3-7-16/h1-3,5-7,9,11,14,18,20-21,24H,4,8,10,12-13,15H2,(H,23,25). The minimum atomic E-state index is -0.136. The van der Waals surface area contributed by atoms with E-state index in [-0.39, 0.29) is 17.3 Å². The molecule has 1 aromatic heterocycles. The number of pyridine rings is 1. The molecule has 1 aromatic carbocycles. The lowest BCUT2D eigenvalue weighted by atomic mass is 10.1. The van der Waals surface area contributed by atoms with Gasteiger partial charge in [0.05, 0.1) is 11.4 Å². The van der Waals surface area contributed by atoms with Crippen LogP contribution in [0.5, 0.6) is 0 Å². The van der Waals surface area contributed by atoms with E-state index in [4.69, 9.17) is 0 Å². The van der Waals surface area contributed by atoms with Gasteiger partial charge in [-0.3, -0.25) is 15.1 Å². The maximum absolute atomic E-state index is 12.3. The van der Waals surface area contributed by atoms with E-state index >= 15 is 0 Å². The number of nitrogens with zero attached hydrogens (tertiary/aromatic N) is 1. The van der Waals surface area contributed by atoms with Crippen LogP contribution in [-0.2, 0) is 11.2 Å². The summed E-state index contributed by atoms with van der Waals surface area (Å²) in [7, 11) is 0. The van der Waals surface area contributed by atoms with E-state index < -0.39 is 0 Å². The molecular formula is C20H26N4OS. The third-order valence-electron chi connectivity index (χ3n) is 4.35. The first kappa shape index (κ1) is 18.9. The number of carbonyl (C=O) groups excluding carboxylic acids is 1. The highest BCUT2D eigenvalue weighted by Crippen LogP contribution is 2.32. The molecule has 1 fully saturated rings. The van der Waals surface area contributed by atoms with Crippen molar-refractivity contribution in [3.05, 3.63) is 66.0 Å². The largest absolute Gasteiger partial charge is 0.353 e. The third-order valence-corrected chi connectivity index (χ3v) is 5.62. The maximum Gasteiger partial charge on any atom is 0.238 e. The molecule has 2 aromatic rings. The Kier molecular flexibility index (Phi) is 7.49. The SMILES string of the molecule is O=C(NCCNCCCc1ccccc1)C1CSC(c2cccnc2)N1. The van der Waals surface area contributed by atoms with Crippen molar-refractivity contribution in [2.75, 3.05) is 25.4 Å². The highest BCUT2D eigenvalue weighted by atomic mass is 32.2. The van der Waals surface area contributed by atoms with E-state index in [2.05, 4.69) is 45.2 Å². The van der Waals surface area contributed by atoms with Crippen LogP contribution in [0.25, 0.3) is 0 Å². The molecule has 1 aliphatic rings. The molecule has 1 aliphatic heterocycles. The summed E-state index contributed by atoms with van der Waals surface area (Å²) in [5.74, 6) is 0.866. The number of benzene rings is 1. The molecule has 6 heteroatoms. The Labute approximate surface area is 159 Å². The van der Waals surface area contributed by atoms with Crippen molar-refractivity contribution in [2.45, 2.75) is 24.3 Å². The molecule has 1 saturated heterocycles. The van der Waals surface area contributed by atoms with Crippen molar-refractivity contribution in [3.63, 3.8) is 0 Å². The highest BCUT2D eigenvalue weighted by molar-refractivity contribution is 7.99. The first-order valence-electron chi connectivity index (χ1n) is 9.13. The monoisotopic (exact) mass is 370 g/mol. The summed E-state index contributed by atoms with van der Waals surface area (Å²) in [4.78, 5) is 16.4. The van der Waals surface area contributed by atoms with Gasteiger partial charge in [0, 0.05) is 31.2 Å². The van der Waals surface area contributed by atoms with Crippen LogP contribution in [0.2, 0.25) is 0 Å². The van der Waals surface area contributed by atoms with Crippen molar-refractivity contribution in [1.82, 2.24) is 20.9 Å². The maximum atomic E-state index is 12.3. The summed E-state index contributed by atoms with van der Waals surface area (Å²) in [6.07, 6.45) is 5.80. The minimum absolute atomic E-state index is 0.0787. The topological polar surface area (TPSA) is 66.0 Å². The van der Waals surface area contributed by atoms with E-state index in [1.165, 1.54) is 5.56 Å². The van der Waals surface area contributed by atoms with Crippen molar-refractivity contribution < 1.29 is 4.79 Å². The molecule has 0 saturated carbocycles. The summed E-state index contributed by atoms with van der Waals surface area (Å²) in [6.45, 7) is 2.42. The number of amides is 1. The third kappa shape index (κ3) is 5.83. The fourth-order valence-corrected chi connectivity index (χ4v) is 4.16. The average Bonchev–Trinajstić information content (AvgIpc) is 3.19. The van der Waals surface area contributed by atoms with Crippen molar-refractivity contribution >= 4 is 17.7 Å². The molecule has 0 spiro atoms. The van der Waals surface area contributed by atoms with Gasteiger partial charge < -0.3 is 10.6 Å². The summed E-state index contributed by atoms with van der Waals surface area (Å²) >= 11 is 1.75. The van der Waals surface area contributed by atoms with Gasteiger partial charge in [-0.2, -0.15) is 0 Å². The van der Waals surface area contributed by atoms with Crippen molar-refractivity contribution in [3.8, 4) is 0 Å². The second-order valence-corrected chi connectivity index (χ2v) is 7.49. The van der Waals surface area contributed by atoms with Crippen LogP contribution in [-0.4, -0.2) is 42.3 Å². The summed E-state index contributed by atoms with van der Waals surface area (Å²) in [5, 5.41) is 9.93. The fourth-order valence-electron chi connectivity index (χ4n) is 2.93. The Bertz CT molecular complexity index is 668. The quantitative estimate of drug-likeness (QED) is 0.590. The first-order chi connectivity index (χ1) is 12.8. The average molecular weight is 371 g/mol. The number of rotatable bonds is 9. The molecule has 3 N–H and O–H groups in total. The molecule has 138 valence electrons. The molecule has 2 unspecified atom stereocenters. The van der Waals surface area contributed by atoms with Gasteiger partial charge >= 0.3 is 0 Å². The molecule has 2 atom stereocenters. The molecule has 26 heavy (non-hydrogen) atoms. The molecular weight excluding hydrogens is 344 g/mol. The minimum Gasteiger partial charge on any atom is -0.353 e. The molecule has 1 amide bonds. The van der Waals surface area contributed by atoms with Crippen molar-refractivity contribution in [1.29, 1.82) is 0 Å². The van der Waals surface area contributed by atoms with Crippen LogP contribution in [0.4, 0.5) is 0 Å². The lowest BCUT2D eigenvalue weighted by Crippen LogP contribution is -2.44. The Hall–Kier alpha value is -1.89. The second-order valence-electron chi connectivity index (χ2n) is 6.35. The number of carbonyl (C=O) groups is 1. The highest BCUT2D eigenvalue weighted by Gasteiger charge is 2.30. The van der Waals surface area contributed by atoms with Crippen molar-refractivity contribution in [2.24, 2.45) is 0 Å². The van der Waals surface area contributed by atoms with Gasteiger partial charge in [-0.05, 0) is 36.6 Å². The van der Waals surface area contributed by atoms with Crippen LogP contribution in [0, 0.1) is 0 Å². The number of aryl methyl sites for hydroxylation is 1. The molecule has 5 nitrogen and oxygen atoms in total. The first-order valence-corrected chi connectivity index (χ1v) is 10.2. The Morgan fingerprint density at radius 2 is 2.04 bits per heavy atom. The molecule has 0 radical (unpaired) electrons. The summed E-state index contributed by atoms with van der Waals surface area (Å²) in [6, 6.07) is 14.3. The van der Waals surface area contributed by atoms with Gasteiger partial charge in [-0.1, -0.05) is 36.4 Å². The predicted molar refractivity (Wildman–Crippen MR) is 107 cm³/mol. The molecule has 3 rings (SSSR count). The van der Waals surface area contributed by atoms with E-state index in [0.29, 0.717) is 6.54 Å². The van der Waals surface area contributed by atoms with E-state index in [0.717, 1.165) is 37.2 Å². The zero-order valence-corrected chi connectivity index (χ0v) is 15.7. The normalized spacial score (nSPS) is 19.4. The molecule has 2 heterocycles. The lowest BCUT2D eigenvalue weighted by molar-refractivity contribution is -0.122. The zero-order chi connectivity index (χ0) is 18.0. The molecule has 0 bridgehead atoms.